The van der Waals surface area contributed by atoms with Crippen molar-refractivity contribution in [2.75, 3.05) is 39.6 Å². The van der Waals surface area contributed by atoms with E-state index in [0.29, 0.717) is 39.6 Å². The van der Waals surface area contributed by atoms with Gasteiger partial charge < -0.3 is 27.5 Å². The standard InChI is InChI=1S/C24H28O6Si/c1-4-10-22(11-5-1)25-16-19-28-31(29-20-17-26-23-12-6-2-7-13-23)30-21-18-27-24-14-8-3-9-15-24/h1-15,31H,16-21H2. The summed E-state index contributed by atoms with van der Waals surface area (Å²) >= 11 is 0. The number of benzene rings is 3. The van der Waals surface area contributed by atoms with E-state index in [0.717, 1.165) is 17.2 Å². The topological polar surface area (TPSA) is 55.4 Å². The Bertz CT molecular complexity index is 706. The van der Waals surface area contributed by atoms with Gasteiger partial charge in [-0.3, -0.25) is 0 Å². The average molecular weight is 441 g/mol. The number of rotatable bonds is 15. The zero-order valence-electron chi connectivity index (χ0n) is 17.4. The van der Waals surface area contributed by atoms with Crippen LogP contribution in [0.3, 0.4) is 0 Å². The number of hydrogen-bond donors (Lipinski definition) is 0. The first-order chi connectivity index (χ1) is 15.4. The van der Waals surface area contributed by atoms with E-state index in [4.69, 9.17) is 27.5 Å². The monoisotopic (exact) mass is 440 g/mol. The first kappa shape index (κ1) is 22.8. The van der Waals surface area contributed by atoms with Crippen LogP contribution >= 0.6 is 0 Å². The van der Waals surface area contributed by atoms with Crippen LogP contribution < -0.4 is 14.2 Å². The Balaban J connectivity index is 1.36. The Morgan fingerprint density at radius 1 is 0.387 bits per heavy atom. The van der Waals surface area contributed by atoms with Gasteiger partial charge >= 0.3 is 9.53 Å². The van der Waals surface area contributed by atoms with E-state index >= 15 is 0 Å². The molecule has 0 aliphatic heterocycles. The van der Waals surface area contributed by atoms with Crippen LogP contribution in [0.4, 0.5) is 0 Å². The molecular formula is C24H28O6Si. The third kappa shape index (κ3) is 9.67. The van der Waals surface area contributed by atoms with Gasteiger partial charge in [0.1, 0.15) is 37.1 Å². The van der Waals surface area contributed by atoms with Gasteiger partial charge in [0.25, 0.3) is 0 Å². The highest BCUT2D eigenvalue weighted by atomic mass is 28.3. The maximum atomic E-state index is 5.83. The highest BCUT2D eigenvalue weighted by Gasteiger charge is 2.16. The molecule has 0 unspecified atom stereocenters. The summed E-state index contributed by atoms with van der Waals surface area (Å²) in [5, 5.41) is 0. The lowest BCUT2D eigenvalue weighted by molar-refractivity contribution is 0.0623. The molecule has 31 heavy (non-hydrogen) atoms. The van der Waals surface area contributed by atoms with Gasteiger partial charge in [-0.05, 0) is 36.4 Å². The second-order valence-electron chi connectivity index (χ2n) is 6.39. The summed E-state index contributed by atoms with van der Waals surface area (Å²) in [7, 11) is -2.35. The number of ether oxygens (including phenoxy) is 3. The van der Waals surface area contributed by atoms with Gasteiger partial charge in [-0.1, -0.05) is 54.6 Å². The van der Waals surface area contributed by atoms with Crippen molar-refractivity contribution < 1.29 is 27.5 Å². The molecule has 0 aliphatic rings. The highest BCUT2D eigenvalue weighted by molar-refractivity contribution is 6.36. The first-order valence-electron chi connectivity index (χ1n) is 10.3. The molecule has 3 aromatic carbocycles. The predicted octanol–water partition coefficient (Wildman–Crippen LogP) is 3.99. The largest absolute Gasteiger partial charge is 0.491 e. The quantitative estimate of drug-likeness (QED) is 0.263. The van der Waals surface area contributed by atoms with Crippen molar-refractivity contribution >= 4 is 9.53 Å². The van der Waals surface area contributed by atoms with E-state index in [2.05, 4.69) is 0 Å². The van der Waals surface area contributed by atoms with Crippen molar-refractivity contribution in [2.24, 2.45) is 0 Å². The van der Waals surface area contributed by atoms with E-state index in [1.165, 1.54) is 0 Å². The lowest BCUT2D eigenvalue weighted by atomic mass is 10.3. The van der Waals surface area contributed by atoms with Gasteiger partial charge in [0, 0.05) is 0 Å². The zero-order chi connectivity index (χ0) is 21.4. The van der Waals surface area contributed by atoms with Gasteiger partial charge in [-0.25, -0.2) is 0 Å². The summed E-state index contributed by atoms with van der Waals surface area (Å²) in [5.74, 6) is 2.41. The molecule has 0 bridgehead atoms. The van der Waals surface area contributed by atoms with Crippen LogP contribution in [0, 0.1) is 0 Å². The van der Waals surface area contributed by atoms with E-state index in [1.54, 1.807) is 0 Å². The summed E-state index contributed by atoms with van der Waals surface area (Å²) in [6, 6.07) is 28.9. The summed E-state index contributed by atoms with van der Waals surface area (Å²) in [6.45, 7) is 2.39. The Morgan fingerprint density at radius 2 is 0.677 bits per heavy atom. The molecule has 164 valence electrons. The van der Waals surface area contributed by atoms with Gasteiger partial charge in [0.15, 0.2) is 0 Å². The molecule has 0 saturated carbocycles. The summed E-state index contributed by atoms with van der Waals surface area (Å²) < 4.78 is 34.5. The molecular weight excluding hydrogens is 412 g/mol. The fourth-order valence-electron chi connectivity index (χ4n) is 2.61. The van der Waals surface area contributed by atoms with Crippen molar-refractivity contribution in [3.05, 3.63) is 91.0 Å². The molecule has 0 aliphatic carbocycles. The van der Waals surface area contributed by atoms with Crippen LogP contribution in [0.25, 0.3) is 0 Å². The van der Waals surface area contributed by atoms with Crippen molar-refractivity contribution in [3.63, 3.8) is 0 Å². The smallest absolute Gasteiger partial charge is 0.484 e. The minimum absolute atomic E-state index is 0.380. The van der Waals surface area contributed by atoms with Crippen LogP contribution in [0.15, 0.2) is 91.0 Å². The van der Waals surface area contributed by atoms with Crippen molar-refractivity contribution in [3.8, 4) is 17.2 Å². The second-order valence-corrected chi connectivity index (χ2v) is 7.96. The predicted molar refractivity (Wildman–Crippen MR) is 121 cm³/mol. The minimum Gasteiger partial charge on any atom is -0.491 e. The summed E-state index contributed by atoms with van der Waals surface area (Å²) in [5.41, 5.74) is 0. The molecule has 0 amide bonds. The Labute approximate surface area is 185 Å². The molecule has 0 atom stereocenters. The molecule has 0 aromatic heterocycles. The molecule has 0 radical (unpaired) electrons. The SMILES string of the molecule is c1ccc(OCCO[SiH](OCCOc2ccccc2)OCCOc2ccccc2)cc1. The van der Waals surface area contributed by atoms with E-state index in [-0.39, 0.29) is 0 Å². The molecule has 3 rings (SSSR count). The fourth-order valence-corrected chi connectivity index (χ4v) is 3.76. The maximum absolute atomic E-state index is 5.83. The second kappa shape index (κ2) is 14.2. The van der Waals surface area contributed by atoms with Crippen LogP contribution in [0.1, 0.15) is 0 Å². The Hall–Kier alpha value is -2.84. The highest BCUT2D eigenvalue weighted by Crippen LogP contribution is 2.10. The van der Waals surface area contributed by atoms with Gasteiger partial charge in [0.2, 0.25) is 0 Å². The third-order valence-corrected chi connectivity index (χ3v) is 5.57. The number of hydrogen-bond acceptors (Lipinski definition) is 6. The fraction of sp³-hybridized carbons (Fsp3) is 0.250. The molecule has 0 heterocycles. The Morgan fingerprint density at radius 3 is 0.968 bits per heavy atom. The third-order valence-electron chi connectivity index (χ3n) is 4.05. The van der Waals surface area contributed by atoms with Crippen molar-refractivity contribution in [1.82, 2.24) is 0 Å². The molecule has 6 nitrogen and oxygen atoms in total. The molecule has 7 heteroatoms. The van der Waals surface area contributed by atoms with Crippen LogP contribution in [-0.2, 0) is 13.3 Å². The maximum Gasteiger partial charge on any atom is 0.484 e. The first-order valence-corrected chi connectivity index (χ1v) is 11.7. The van der Waals surface area contributed by atoms with Gasteiger partial charge in [-0.15, -0.1) is 0 Å². The lowest BCUT2D eigenvalue weighted by Crippen LogP contribution is -2.32. The molecule has 0 saturated heterocycles. The van der Waals surface area contributed by atoms with Gasteiger partial charge in [0.05, 0.1) is 19.8 Å². The molecule has 3 aromatic rings. The zero-order valence-corrected chi connectivity index (χ0v) is 18.6. The molecule has 0 spiro atoms. The van der Waals surface area contributed by atoms with Crippen molar-refractivity contribution in [1.29, 1.82) is 0 Å². The van der Waals surface area contributed by atoms with Crippen LogP contribution in [-0.4, -0.2) is 49.2 Å². The van der Waals surface area contributed by atoms with E-state index in [1.807, 2.05) is 91.0 Å². The van der Waals surface area contributed by atoms with Crippen LogP contribution in [0.5, 0.6) is 17.2 Å². The lowest BCUT2D eigenvalue weighted by Gasteiger charge is -2.17. The normalized spacial score (nSPS) is 10.7. The average Bonchev–Trinajstić information content (AvgIpc) is 2.83. The number of para-hydroxylation sites is 3. The summed E-state index contributed by atoms with van der Waals surface area (Å²) in [6.07, 6.45) is 0. The van der Waals surface area contributed by atoms with E-state index < -0.39 is 9.53 Å². The van der Waals surface area contributed by atoms with Crippen molar-refractivity contribution in [2.45, 2.75) is 0 Å². The molecule has 0 fully saturated rings. The van der Waals surface area contributed by atoms with Gasteiger partial charge in [-0.2, -0.15) is 0 Å². The van der Waals surface area contributed by atoms with Crippen LogP contribution in [0.2, 0.25) is 0 Å². The summed E-state index contributed by atoms with van der Waals surface area (Å²) in [4.78, 5) is 0. The minimum atomic E-state index is -2.35. The molecule has 0 N–H and O–H groups in total. The Kier molecular flexibility index (Phi) is 10.5. The van der Waals surface area contributed by atoms with E-state index in [9.17, 15) is 0 Å².